The van der Waals surface area contributed by atoms with Crippen LogP contribution < -0.4 is 15.5 Å². The number of aromatic nitrogens is 5. The van der Waals surface area contributed by atoms with Crippen LogP contribution in [0.25, 0.3) is 22.1 Å². The predicted molar refractivity (Wildman–Crippen MR) is 169 cm³/mol. The van der Waals surface area contributed by atoms with Gasteiger partial charge < -0.3 is 20.3 Å². The molecular formula is C28H34N10O4S2. The molecule has 0 spiro atoms. The number of amides is 2. The first-order chi connectivity index (χ1) is 21.2. The minimum atomic E-state index is -3.16. The number of urea groups is 1. The van der Waals surface area contributed by atoms with E-state index < -0.39 is 10.0 Å². The Morgan fingerprint density at radius 2 is 1.61 bits per heavy atom. The molecule has 0 radical (unpaired) electrons. The number of nitrogens with one attached hydrogen (secondary N) is 2. The highest BCUT2D eigenvalue weighted by Crippen LogP contribution is 2.30. The lowest BCUT2D eigenvalue weighted by atomic mass is 10.2. The summed E-state index contributed by atoms with van der Waals surface area (Å²) in [5.41, 5.74) is 2.02. The smallest absolute Gasteiger partial charge is 0.323 e. The van der Waals surface area contributed by atoms with Gasteiger partial charge in [0.1, 0.15) is 0 Å². The van der Waals surface area contributed by atoms with E-state index in [1.807, 2.05) is 30.3 Å². The third-order valence-electron chi connectivity index (χ3n) is 7.34. The van der Waals surface area contributed by atoms with Crippen LogP contribution in [0.4, 0.5) is 22.1 Å². The van der Waals surface area contributed by atoms with Crippen molar-refractivity contribution in [3.63, 3.8) is 0 Å². The molecule has 0 atom stereocenters. The van der Waals surface area contributed by atoms with Crippen molar-refractivity contribution in [2.24, 2.45) is 7.05 Å². The molecule has 1 aromatic carbocycles. The van der Waals surface area contributed by atoms with Crippen LogP contribution in [-0.2, 0) is 28.4 Å². The Morgan fingerprint density at radius 1 is 0.909 bits per heavy atom. The standard InChI is InChI=1S/C28H34N10O4S2/c1-35-18-22(17-29-35)31-28(39)30-21-5-3-20(4-6-21)25-32-26(34-27(33-25)37-13-15-42-16-14-37)24-8-7-23(43-24)19-36-9-11-38(12-10-36)44(2,40)41/h3-8,17-18H,9-16,19H2,1-2H3,(H2,30,31,39). The second-order valence-corrected chi connectivity index (χ2v) is 13.8. The largest absolute Gasteiger partial charge is 0.378 e. The predicted octanol–water partition coefficient (Wildman–Crippen LogP) is 2.56. The Balaban J connectivity index is 1.19. The summed E-state index contributed by atoms with van der Waals surface area (Å²) < 4.78 is 32.4. The Bertz CT molecular complexity index is 1710. The summed E-state index contributed by atoms with van der Waals surface area (Å²) in [5.74, 6) is 1.72. The van der Waals surface area contributed by atoms with E-state index in [-0.39, 0.29) is 6.03 Å². The van der Waals surface area contributed by atoms with Crippen LogP contribution in [0, 0.1) is 0 Å². The number of piperazine rings is 1. The summed E-state index contributed by atoms with van der Waals surface area (Å²) in [6, 6.07) is 11.1. The number of thiophene rings is 1. The number of hydrogen-bond acceptors (Lipinski definition) is 11. The Hall–Kier alpha value is -3.96. The molecule has 5 heterocycles. The molecule has 44 heavy (non-hydrogen) atoms. The van der Waals surface area contributed by atoms with Gasteiger partial charge in [-0.3, -0.25) is 9.58 Å². The van der Waals surface area contributed by atoms with Gasteiger partial charge in [0.2, 0.25) is 16.0 Å². The maximum Gasteiger partial charge on any atom is 0.323 e. The molecule has 2 saturated heterocycles. The topological polar surface area (TPSA) is 151 Å². The van der Waals surface area contributed by atoms with Gasteiger partial charge in [-0.15, -0.1) is 11.3 Å². The maximum atomic E-state index is 12.4. The Kier molecular flexibility index (Phi) is 8.86. The molecule has 0 unspecified atom stereocenters. The monoisotopic (exact) mass is 638 g/mol. The van der Waals surface area contributed by atoms with Crippen molar-refractivity contribution in [2.75, 3.05) is 74.3 Å². The fourth-order valence-corrected chi connectivity index (χ4v) is 6.82. The number of hydrogen-bond donors (Lipinski definition) is 2. The first-order valence-corrected chi connectivity index (χ1v) is 16.9. The third kappa shape index (κ3) is 7.39. The third-order valence-corrected chi connectivity index (χ3v) is 9.71. The lowest BCUT2D eigenvalue weighted by Gasteiger charge is -2.32. The lowest BCUT2D eigenvalue weighted by molar-refractivity contribution is 0.122. The molecule has 2 amide bonds. The Labute approximate surface area is 259 Å². The lowest BCUT2D eigenvalue weighted by Crippen LogP contribution is -2.47. The van der Waals surface area contributed by atoms with Gasteiger partial charge in [-0.2, -0.15) is 19.4 Å². The molecule has 16 heteroatoms. The summed E-state index contributed by atoms with van der Waals surface area (Å²) in [5, 5.41) is 9.63. The summed E-state index contributed by atoms with van der Waals surface area (Å²) in [4.78, 5) is 33.4. The number of carbonyl (C=O) groups is 1. The maximum absolute atomic E-state index is 12.4. The molecule has 6 rings (SSSR count). The zero-order valence-corrected chi connectivity index (χ0v) is 26.1. The van der Waals surface area contributed by atoms with Crippen LogP contribution in [0.15, 0.2) is 48.8 Å². The summed E-state index contributed by atoms with van der Waals surface area (Å²) in [6.45, 7) is 5.70. The highest BCUT2D eigenvalue weighted by Gasteiger charge is 2.24. The van der Waals surface area contributed by atoms with Crippen molar-refractivity contribution >= 4 is 44.7 Å². The van der Waals surface area contributed by atoms with Crippen LogP contribution in [0.3, 0.4) is 0 Å². The van der Waals surface area contributed by atoms with Crippen LogP contribution in [0.5, 0.6) is 0 Å². The van der Waals surface area contributed by atoms with Crippen LogP contribution in [0.1, 0.15) is 4.88 Å². The van der Waals surface area contributed by atoms with Crippen LogP contribution >= 0.6 is 11.3 Å². The van der Waals surface area contributed by atoms with E-state index in [9.17, 15) is 13.2 Å². The summed E-state index contributed by atoms with van der Waals surface area (Å²) >= 11 is 1.63. The highest BCUT2D eigenvalue weighted by molar-refractivity contribution is 7.88. The second kappa shape index (κ2) is 13.0. The normalized spacial score (nSPS) is 16.6. The quantitative estimate of drug-likeness (QED) is 0.295. The van der Waals surface area contributed by atoms with Crippen molar-refractivity contribution in [1.82, 2.24) is 33.9 Å². The number of morpholine rings is 1. The molecule has 2 aliphatic rings. The van der Waals surface area contributed by atoms with E-state index in [1.165, 1.54) is 10.6 Å². The highest BCUT2D eigenvalue weighted by atomic mass is 32.2. The van der Waals surface area contributed by atoms with Gasteiger partial charge >= 0.3 is 6.03 Å². The molecule has 3 aromatic heterocycles. The number of rotatable bonds is 8. The van der Waals surface area contributed by atoms with Gasteiger partial charge in [0, 0.05) is 75.2 Å². The number of sulfonamides is 1. The van der Waals surface area contributed by atoms with E-state index in [1.54, 1.807) is 35.5 Å². The summed E-state index contributed by atoms with van der Waals surface area (Å²) in [7, 11) is -1.38. The molecule has 232 valence electrons. The molecule has 4 aromatic rings. The SMILES string of the molecule is Cn1cc(NC(=O)Nc2ccc(-c3nc(-c4ccc(CN5CCN(S(C)(=O)=O)CC5)s4)nc(N4CCOCC4)n3)cc2)cn1. The number of benzene rings is 1. The van der Waals surface area contributed by atoms with Crippen molar-refractivity contribution in [1.29, 1.82) is 0 Å². The molecule has 2 fully saturated rings. The van der Waals surface area contributed by atoms with E-state index in [0.29, 0.717) is 81.5 Å². The van der Waals surface area contributed by atoms with Gasteiger partial charge in [0.05, 0.1) is 36.2 Å². The first-order valence-electron chi connectivity index (χ1n) is 14.2. The van der Waals surface area contributed by atoms with Crippen LogP contribution in [-0.4, -0.2) is 107 Å². The minimum Gasteiger partial charge on any atom is -0.378 e. The van der Waals surface area contributed by atoms with Gasteiger partial charge in [-0.1, -0.05) is 0 Å². The molecule has 2 N–H and O–H groups in total. The van der Waals surface area contributed by atoms with Crippen molar-refractivity contribution in [3.05, 3.63) is 53.7 Å². The minimum absolute atomic E-state index is 0.367. The molecular weight excluding hydrogens is 605 g/mol. The second-order valence-electron chi connectivity index (χ2n) is 10.6. The van der Waals surface area contributed by atoms with E-state index in [2.05, 4.69) is 31.6 Å². The fourth-order valence-electron chi connectivity index (χ4n) is 5.01. The number of aryl methyl sites for hydroxylation is 1. The zero-order chi connectivity index (χ0) is 30.7. The Morgan fingerprint density at radius 3 is 2.30 bits per heavy atom. The fraction of sp³-hybridized carbons (Fsp3) is 0.393. The zero-order valence-electron chi connectivity index (χ0n) is 24.5. The first kappa shape index (κ1) is 30.1. The van der Waals surface area contributed by atoms with E-state index in [4.69, 9.17) is 19.7 Å². The van der Waals surface area contributed by atoms with Crippen molar-refractivity contribution in [2.45, 2.75) is 6.54 Å². The van der Waals surface area contributed by atoms with Gasteiger partial charge in [0.15, 0.2) is 11.6 Å². The van der Waals surface area contributed by atoms with E-state index in [0.717, 1.165) is 21.9 Å². The van der Waals surface area contributed by atoms with Crippen molar-refractivity contribution < 1.29 is 17.9 Å². The number of anilines is 3. The molecule has 0 bridgehead atoms. The van der Waals surface area contributed by atoms with Crippen molar-refractivity contribution in [3.8, 4) is 22.1 Å². The summed E-state index contributed by atoms with van der Waals surface area (Å²) in [6.07, 6.45) is 4.55. The average molecular weight is 639 g/mol. The van der Waals surface area contributed by atoms with Gasteiger partial charge in [0.25, 0.3) is 0 Å². The molecule has 2 aliphatic heterocycles. The average Bonchev–Trinajstić information content (AvgIpc) is 3.66. The number of nitrogens with zero attached hydrogens (tertiary/aromatic N) is 8. The molecule has 14 nitrogen and oxygen atoms in total. The van der Waals surface area contributed by atoms with Crippen LogP contribution in [0.2, 0.25) is 0 Å². The number of carbonyl (C=O) groups excluding carboxylic acids is 1. The van der Waals surface area contributed by atoms with Gasteiger partial charge in [-0.25, -0.2) is 18.2 Å². The van der Waals surface area contributed by atoms with Gasteiger partial charge in [-0.05, 0) is 36.4 Å². The number of ether oxygens (including phenoxy) is 1. The molecule has 0 aliphatic carbocycles. The van der Waals surface area contributed by atoms with E-state index >= 15 is 0 Å². The molecule has 0 saturated carbocycles.